The summed E-state index contributed by atoms with van der Waals surface area (Å²) < 4.78 is 14.1. The zero-order chi connectivity index (χ0) is 15.6. The Hall–Kier alpha value is -1.82. The topological polar surface area (TPSA) is 69.8 Å². The number of likely N-dealkylation sites (tertiary alicyclic amines) is 1. The number of hydrogen-bond donors (Lipinski definition) is 2. The van der Waals surface area contributed by atoms with Crippen molar-refractivity contribution in [1.82, 2.24) is 4.90 Å². The molecular weight excluding hydrogens is 273 g/mol. The van der Waals surface area contributed by atoms with E-state index in [0.717, 1.165) is 38.5 Å². The Balaban J connectivity index is 2.21. The maximum absolute atomic E-state index is 14.1. The molecule has 1 aromatic rings. The van der Waals surface area contributed by atoms with Gasteiger partial charge in [-0.3, -0.25) is 0 Å². The average Bonchev–Trinajstić information content (AvgIpc) is 2.46. The van der Waals surface area contributed by atoms with Gasteiger partial charge in [0.15, 0.2) is 0 Å². The van der Waals surface area contributed by atoms with Gasteiger partial charge in [0.05, 0.1) is 11.3 Å². The molecule has 1 fully saturated rings. The van der Waals surface area contributed by atoms with Gasteiger partial charge in [0.25, 0.3) is 0 Å². The van der Waals surface area contributed by atoms with Crippen LogP contribution in [-0.4, -0.2) is 48.7 Å². The smallest absolute Gasteiger partial charge is 0.337 e. The third-order valence-electron chi connectivity index (χ3n) is 4.28. The monoisotopic (exact) mass is 295 g/mol. The molecule has 21 heavy (non-hydrogen) atoms. The number of carbonyl (C=O) groups is 1. The molecule has 1 aliphatic heterocycles. The van der Waals surface area contributed by atoms with E-state index < -0.39 is 11.8 Å². The van der Waals surface area contributed by atoms with Crippen molar-refractivity contribution in [2.75, 3.05) is 37.3 Å². The van der Waals surface area contributed by atoms with Crippen LogP contribution < -0.4 is 10.6 Å². The predicted molar refractivity (Wildman–Crippen MR) is 81.3 cm³/mol. The lowest BCUT2D eigenvalue weighted by molar-refractivity contribution is 0.0698. The fourth-order valence-electron chi connectivity index (χ4n) is 2.85. The maximum Gasteiger partial charge on any atom is 0.337 e. The van der Waals surface area contributed by atoms with Crippen molar-refractivity contribution in [1.29, 1.82) is 0 Å². The molecule has 0 bridgehead atoms. The number of nitrogens with zero attached hydrogens (tertiary/aromatic N) is 2. The Kier molecular flexibility index (Phi) is 4.67. The maximum atomic E-state index is 14.1. The largest absolute Gasteiger partial charge is 0.478 e. The molecule has 0 aromatic heterocycles. The van der Waals surface area contributed by atoms with Gasteiger partial charge in [0.1, 0.15) is 5.82 Å². The number of benzene rings is 1. The standard InChI is InChI=1S/C15H22FN3O2/c1-3-19-6-4-10(5-7-19)18(2)14-8-11(15(20)21)13(17)9-12(14)16/h8-10H,3-7,17H2,1-2H3,(H,20,21). The highest BCUT2D eigenvalue weighted by molar-refractivity contribution is 5.95. The van der Waals surface area contributed by atoms with Crippen LogP contribution in [0.15, 0.2) is 12.1 Å². The highest BCUT2D eigenvalue weighted by Gasteiger charge is 2.24. The van der Waals surface area contributed by atoms with Crippen LogP contribution in [0.4, 0.5) is 15.8 Å². The number of piperidine rings is 1. The van der Waals surface area contributed by atoms with E-state index in [1.54, 1.807) is 0 Å². The number of hydrogen-bond acceptors (Lipinski definition) is 4. The minimum atomic E-state index is -1.14. The predicted octanol–water partition coefficient (Wildman–Crippen LogP) is 2.03. The molecular formula is C15H22FN3O2. The number of rotatable bonds is 4. The molecule has 0 saturated carbocycles. The molecule has 0 unspecified atom stereocenters. The summed E-state index contributed by atoms with van der Waals surface area (Å²) in [7, 11) is 1.81. The van der Waals surface area contributed by atoms with E-state index in [4.69, 9.17) is 10.8 Å². The molecule has 0 amide bonds. The van der Waals surface area contributed by atoms with Crippen molar-refractivity contribution < 1.29 is 14.3 Å². The highest BCUT2D eigenvalue weighted by atomic mass is 19.1. The van der Waals surface area contributed by atoms with Crippen molar-refractivity contribution >= 4 is 17.3 Å². The van der Waals surface area contributed by atoms with Gasteiger partial charge in [-0.2, -0.15) is 0 Å². The average molecular weight is 295 g/mol. The van der Waals surface area contributed by atoms with Crippen LogP contribution in [0.5, 0.6) is 0 Å². The zero-order valence-electron chi connectivity index (χ0n) is 12.5. The number of anilines is 2. The molecule has 1 saturated heterocycles. The summed E-state index contributed by atoms with van der Waals surface area (Å²) in [4.78, 5) is 15.3. The zero-order valence-corrected chi connectivity index (χ0v) is 12.5. The number of halogens is 1. The Morgan fingerprint density at radius 1 is 1.48 bits per heavy atom. The van der Waals surface area contributed by atoms with Crippen LogP contribution in [0, 0.1) is 5.82 Å². The Bertz CT molecular complexity index is 528. The first kappa shape index (κ1) is 15.6. The van der Waals surface area contributed by atoms with Gasteiger partial charge in [-0.1, -0.05) is 6.92 Å². The summed E-state index contributed by atoms with van der Waals surface area (Å²) in [6.45, 7) is 5.11. The fraction of sp³-hybridized carbons (Fsp3) is 0.533. The lowest BCUT2D eigenvalue weighted by Crippen LogP contribution is -2.43. The Morgan fingerprint density at radius 3 is 2.62 bits per heavy atom. The van der Waals surface area contributed by atoms with E-state index in [2.05, 4.69) is 11.8 Å². The quantitative estimate of drug-likeness (QED) is 0.832. The number of aromatic carboxylic acids is 1. The minimum absolute atomic E-state index is 0.0436. The van der Waals surface area contributed by atoms with Gasteiger partial charge >= 0.3 is 5.97 Å². The molecule has 0 aliphatic carbocycles. The van der Waals surface area contributed by atoms with Crippen LogP contribution in [0.3, 0.4) is 0 Å². The molecule has 3 N–H and O–H groups in total. The van der Waals surface area contributed by atoms with Crippen LogP contribution in [0.2, 0.25) is 0 Å². The van der Waals surface area contributed by atoms with E-state index >= 15 is 0 Å². The molecule has 1 aromatic carbocycles. The number of carboxylic acids is 1. The van der Waals surface area contributed by atoms with Crippen molar-refractivity contribution in [3.8, 4) is 0 Å². The SMILES string of the molecule is CCN1CCC(N(C)c2cc(C(=O)O)c(N)cc2F)CC1. The van der Waals surface area contributed by atoms with Crippen LogP contribution in [-0.2, 0) is 0 Å². The highest BCUT2D eigenvalue weighted by Crippen LogP contribution is 2.28. The van der Waals surface area contributed by atoms with E-state index in [1.807, 2.05) is 11.9 Å². The van der Waals surface area contributed by atoms with Crippen molar-refractivity contribution in [3.63, 3.8) is 0 Å². The second-order valence-corrected chi connectivity index (χ2v) is 5.47. The molecule has 0 atom stereocenters. The van der Waals surface area contributed by atoms with Gasteiger partial charge < -0.3 is 20.6 Å². The fourth-order valence-corrected chi connectivity index (χ4v) is 2.85. The molecule has 116 valence electrons. The Morgan fingerprint density at radius 2 is 2.10 bits per heavy atom. The van der Waals surface area contributed by atoms with Crippen LogP contribution in [0.1, 0.15) is 30.1 Å². The summed E-state index contributed by atoms with van der Waals surface area (Å²) in [5.74, 6) is -1.61. The molecule has 5 nitrogen and oxygen atoms in total. The number of carboxylic acid groups (broad SMARTS) is 1. The minimum Gasteiger partial charge on any atom is -0.478 e. The molecule has 1 heterocycles. The van der Waals surface area contributed by atoms with E-state index in [0.29, 0.717) is 5.69 Å². The molecule has 2 rings (SSSR count). The normalized spacial score (nSPS) is 16.9. The lowest BCUT2D eigenvalue weighted by Gasteiger charge is -2.37. The molecule has 6 heteroatoms. The van der Waals surface area contributed by atoms with Crippen LogP contribution >= 0.6 is 0 Å². The van der Waals surface area contributed by atoms with E-state index in [9.17, 15) is 9.18 Å². The molecule has 1 aliphatic rings. The first-order valence-corrected chi connectivity index (χ1v) is 7.21. The first-order valence-electron chi connectivity index (χ1n) is 7.21. The Labute approximate surface area is 124 Å². The summed E-state index contributed by atoms with van der Waals surface area (Å²) in [6.07, 6.45) is 1.88. The second-order valence-electron chi connectivity index (χ2n) is 5.47. The second kappa shape index (κ2) is 6.30. The molecule has 0 spiro atoms. The summed E-state index contributed by atoms with van der Waals surface area (Å²) >= 11 is 0. The van der Waals surface area contributed by atoms with Gasteiger partial charge in [0.2, 0.25) is 0 Å². The van der Waals surface area contributed by atoms with Crippen molar-refractivity contribution in [2.24, 2.45) is 0 Å². The van der Waals surface area contributed by atoms with Crippen molar-refractivity contribution in [2.45, 2.75) is 25.8 Å². The summed E-state index contributed by atoms with van der Waals surface area (Å²) in [5.41, 5.74) is 5.77. The van der Waals surface area contributed by atoms with Gasteiger partial charge in [-0.05, 0) is 31.5 Å². The first-order chi connectivity index (χ1) is 9.93. The third-order valence-corrected chi connectivity index (χ3v) is 4.28. The van der Waals surface area contributed by atoms with Crippen LogP contribution in [0.25, 0.3) is 0 Å². The number of nitrogens with two attached hydrogens (primary N) is 1. The van der Waals surface area contributed by atoms with Gasteiger partial charge in [-0.15, -0.1) is 0 Å². The van der Waals surface area contributed by atoms with Gasteiger partial charge in [-0.25, -0.2) is 9.18 Å². The van der Waals surface area contributed by atoms with E-state index in [1.165, 1.54) is 6.07 Å². The third kappa shape index (κ3) is 3.26. The molecule has 0 radical (unpaired) electrons. The lowest BCUT2D eigenvalue weighted by atomic mass is 10.0. The van der Waals surface area contributed by atoms with E-state index in [-0.39, 0.29) is 17.3 Å². The van der Waals surface area contributed by atoms with Gasteiger partial charge in [0, 0.05) is 31.9 Å². The number of nitrogen functional groups attached to an aromatic ring is 1. The van der Waals surface area contributed by atoms with Crippen molar-refractivity contribution in [3.05, 3.63) is 23.5 Å². The summed E-state index contributed by atoms with van der Waals surface area (Å²) in [6, 6.07) is 2.64. The summed E-state index contributed by atoms with van der Waals surface area (Å²) in [5, 5.41) is 9.11.